The molecule has 0 saturated heterocycles. The Balaban J connectivity index is 3.07. The Bertz CT molecular complexity index is 41.8. The summed E-state index contributed by atoms with van der Waals surface area (Å²) in [5.41, 5.74) is 6.84. The average Bonchev–Trinajstić information content (AvgIpc) is 1.83. The largest absolute Gasteiger partial charge is 0.298 e. The van der Waals surface area contributed by atoms with E-state index in [-0.39, 0.29) is 0 Å². The molecule has 0 atom stereocenters. The highest BCUT2D eigenvalue weighted by Crippen LogP contribution is 1.87. The predicted octanol–water partition coefficient (Wildman–Crippen LogP) is 0.773. The summed E-state index contributed by atoms with van der Waals surface area (Å²) in [6.45, 7) is 8.54. The molecule has 0 aromatic heterocycles. The fourth-order valence-corrected chi connectivity index (χ4v) is 0.611. The molecule has 2 nitrogen and oxygen atoms in total. The number of rotatable bonds is 4. The molecule has 0 spiro atoms. The molecule has 0 aromatic rings. The van der Waals surface area contributed by atoms with Crippen molar-refractivity contribution in [1.29, 1.82) is 0 Å². The average molecular weight is 114 g/mol. The normalized spacial score (nSPS) is 10.5. The van der Waals surface area contributed by atoms with Crippen LogP contribution in [0.5, 0.6) is 0 Å². The summed E-state index contributed by atoms with van der Waals surface area (Å²) in [5.74, 6) is 0. The lowest BCUT2D eigenvalue weighted by Gasteiger charge is -2.14. The molecular formula is C6H14N2. The summed E-state index contributed by atoms with van der Waals surface area (Å²) in [6.07, 6.45) is 0. The summed E-state index contributed by atoms with van der Waals surface area (Å²) >= 11 is 0. The third kappa shape index (κ3) is 2.99. The maximum atomic E-state index is 6.84. The Labute approximate surface area is 51.7 Å². The van der Waals surface area contributed by atoms with Crippen LogP contribution in [0.2, 0.25) is 0 Å². The molecule has 0 aromatic carbocycles. The predicted molar refractivity (Wildman–Crippen MR) is 35.2 cm³/mol. The lowest BCUT2D eigenvalue weighted by atomic mass is 10.5. The molecule has 2 radical (unpaired) electrons. The molecular weight excluding hydrogens is 100 g/mol. The fraction of sp³-hybridized carbons (Fsp3) is 0.833. The molecule has 0 aliphatic carbocycles. The first-order valence-corrected chi connectivity index (χ1v) is 3.07. The monoisotopic (exact) mass is 114 g/mol. The maximum absolute atomic E-state index is 6.84. The summed E-state index contributed by atoms with van der Waals surface area (Å²) in [6, 6.07) is 0. The maximum Gasteiger partial charge on any atom is 0.0402 e. The van der Waals surface area contributed by atoms with Gasteiger partial charge in [-0.05, 0) is 13.1 Å². The van der Waals surface area contributed by atoms with Crippen molar-refractivity contribution < 1.29 is 0 Å². The van der Waals surface area contributed by atoms with Crippen molar-refractivity contribution in [3.8, 4) is 0 Å². The first-order valence-electron chi connectivity index (χ1n) is 3.07. The second-order valence-electron chi connectivity index (χ2n) is 1.61. The van der Waals surface area contributed by atoms with Crippen molar-refractivity contribution in [3.05, 3.63) is 6.54 Å². The number of hydrogen-bond acceptors (Lipinski definition) is 1. The molecule has 0 amide bonds. The van der Waals surface area contributed by atoms with Crippen molar-refractivity contribution in [2.24, 2.45) is 0 Å². The molecule has 0 saturated carbocycles. The first kappa shape index (κ1) is 7.92. The van der Waals surface area contributed by atoms with Crippen LogP contribution < -0.4 is 5.73 Å². The number of nitrogens with zero attached hydrogens (tertiary/aromatic N) is 1. The first-order chi connectivity index (χ1) is 3.85. The summed E-state index contributed by atoms with van der Waals surface area (Å²) in [7, 11) is 0. The summed E-state index contributed by atoms with van der Waals surface area (Å²) in [4.78, 5) is 2.12. The minimum absolute atomic E-state index is 0.404. The van der Waals surface area contributed by atoms with Gasteiger partial charge in [0.05, 0.1) is 0 Å². The third-order valence-corrected chi connectivity index (χ3v) is 1.16. The van der Waals surface area contributed by atoms with Crippen molar-refractivity contribution in [1.82, 2.24) is 10.6 Å². The van der Waals surface area contributed by atoms with E-state index in [1.807, 2.05) is 6.54 Å². The standard InChI is InChI=1S/C6H14N2/c1-3-8(4-2)6-5-7/h6-7H,3-5H2,1-2H3. The van der Waals surface area contributed by atoms with E-state index in [1.54, 1.807) is 0 Å². The highest BCUT2D eigenvalue weighted by atomic mass is 15.1. The van der Waals surface area contributed by atoms with Crippen molar-refractivity contribution in [2.45, 2.75) is 13.8 Å². The van der Waals surface area contributed by atoms with E-state index in [0.29, 0.717) is 6.54 Å². The molecule has 0 unspecified atom stereocenters. The van der Waals surface area contributed by atoms with Crippen LogP contribution in [0, 0.1) is 6.54 Å². The van der Waals surface area contributed by atoms with Crippen molar-refractivity contribution in [3.63, 3.8) is 0 Å². The Morgan fingerprint density at radius 2 is 1.88 bits per heavy atom. The number of nitrogens with one attached hydrogen (secondary N) is 1. The van der Waals surface area contributed by atoms with Crippen LogP contribution in [0.4, 0.5) is 0 Å². The smallest absolute Gasteiger partial charge is 0.0402 e. The van der Waals surface area contributed by atoms with Gasteiger partial charge in [0.15, 0.2) is 0 Å². The topological polar surface area (TPSA) is 27.0 Å². The van der Waals surface area contributed by atoms with Gasteiger partial charge in [0, 0.05) is 13.1 Å². The van der Waals surface area contributed by atoms with E-state index >= 15 is 0 Å². The molecule has 1 N–H and O–H groups in total. The van der Waals surface area contributed by atoms with Gasteiger partial charge in [-0.2, -0.15) is 0 Å². The Morgan fingerprint density at radius 3 is 2.00 bits per heavy atom. The van der Waals surface area contributed by atoms with E-state index in [4.69, 9.17) is 5.73 Å². The van der Waals surface area contributed by atoms with Gasteiger partial charge in [-0.15, -0.1) is 0 Å². The van der Waals surface area contributed by atoms with Gasteiger partial charge in [-0.25, -0.2) is 0 Å². The fourth-order valence-electron chi connectivity index (χ4n) is 0.611. The highest BCUT2D eigenvalue weighted by Gasteiger charge is 1.94. The van der Waals surface area contributed by atoms with Crippen molar-refractivity contribution >= 4 is 0 Å². The van der Waals surface area contributed by atoms with Gasteiger partial charge in [-0.3, -0.25) is 10.6 Å². The van der Waals surface area contributed by atoms with E-state index < -0.39 is 0 Å². The molecule has 0 rings (SSSR count). The highest BCUT2D eigenvalue weighted by molar-refractivity contribution is 4.64. The van der Waals surface area contributed by atoms with Gasteiger partial charge >= 0.3 is 0 Å². The van der Waals surface area contributed by atoms with Crippen LogP contribution in [-0.2, 0) is 0 Å². The van der Waals surface area contributed by atoms with Gasteiger partial charge in [0.2, 0.25) is 0 Å². The van der Waals surface area contributed by atoms with E-state index in [0.717, 1.165) is 13.1 Å². The van der Waals surface area contributed by atoms with Crippen LogP contribution in [0.25, 0.3) is 0 Å². The Kier molecular flexibility index (Phi) is 5.01. The Morgan fingerprint density at radius 1 is 1.38 bits per heavy atom. The zero-order valence-corrected chi connectivity index (χ0v) is 5.65. The Hall–Kier alpha value is -0.0800. The number of hydrogen-bond donors (Lipinski definition) is 0. The molecule has 0 aliphatic heterocycles. The molecule has 0 heterocycles. The number of likely N-dealkylation sites (N-methyl/N-ethyl adjacent to an activating group) is 1. The second-order valence-corrected chi connectivity index (χ2v) is 1.61. The second kappa shape index (κ2) is 5.06. The molecule has 0 fully saturated rings. The molecule has 0 aliphatic rings. The van der Waals surface area contributed by atoms with E-state index in [1.165, 1.54) is 0 Å². The summed E-state index contributed by atoms with van der Waals surface area (Å²) in [5, 5.41) is 0. The molecule has 8 heavy (non-hydrogen) atoms. The minimum Gasteiger partial charge on any atom is -0.298 e. The van der Waals surface area contributed by atoms with Crippen LogP contribution in [0.15, 0.2) is 0 Å². The lowest BCUT2D eigenvalue weighted by molar-refractivity contribution is 0.368. The van der Waals surface area contributed by atoms with E-state index in [9.17, 15) is 0 Å². The molecule has 2 heteroatoms. The third-order valence-electron chi connectivity index (χ3n) is 1.16. The minimum atomic E-state index is 0.404. The van der Waals surface area contributed by atoms with Gasteiger partial charge in [0.25, 0.3) is 0 Å². The summed E-state index contributed by atoms with van der Waals surface area (Å²) < 4.78 is 0. The van der Waals surface area contributed by atoms with E-state index in [2.05, 4.69) is 18.7 Å². The SMILES string of the molecule is CCN([CH]C[NH])CC. The lowest BCUT2D eigenvalue weighted by Crippen LogP contribution is -2.21. The van der Waals surface area contributed by atoms with Gasteiger partial charge in [-0.1, -0.05) is 13.8 Å². The van der Waals surface area contributed by atoms with Gasteiger partial charge in [0.1, 0.15) is 0 Å². The quantitative estimate of drug-likeness (QED) is 0.530. The molecule has 48 valence electrons. The molecule has 0 bridgehead atoms. The van der Waals surface area contributed by atoms with Crippen LogP contribution in [0.1, 0.15) is 13.8 Å². The zero-order chi connectivity index (χ0) is 6.41. The van der Waals surface area contributed by atoms with Crippen LogP contribution in [0.3, 0.4) is 0 Å². The van der Waals surface area contributed by atoms with Crippen LogP contribution >= 0.6 is 0 Å². The van der Waals surface area contributed by atoms with Crippen LogP contribution in [-0.4, -0.2) is 24.5 Å². The zero-order valence-electron chi connectivity index (χ0n) is 5.65. The van der Waals surface area contributed by atoms with Crippen molar-refractivity contribution in [2.75, 3.05) is 19.6 Å². The van der Waals surface area contributed by atoms with Gasteiger partial charge < -0.3 is 0 Å².